The number of allylic oxidation sites excluding steroid dienone is 2. The topological polar surface area (TPSA) is 151 Å². The van der Waals surface area contributed by atoms with Crippen LogP contribution in [-0.4, -0.2) is 75.2 Å². The summed E-state index contributed by atoms with van der Waals surface area (Å²) >= 11 is 14.7. The number of carboxylic acids is 1. The van der Waals surface area contributed by atoms with Gasteiger partial charge in [0, 0.05) is 36.6 Å². The Balaban J connectivity index is 1.54. The van der Waals surface area contributed by atoms with E-state index >= 15 is 0 Å². The smallest absolute Gasteiger partial charge is 0.303 e. The number of ether oxygens (including phenoxy) is 2. The lowest BCUT2D eigenvalue weighted by Crippen LogP contribution is -2.60. The standard InChI is InChI=1S/C32H29Cl2FN2O9/c1-45-17-12-21(38)25(22(13-17)46-2)26-18-9-10-19-24(28(42)36(27(19)41)11-3-4-23(39)40)20(18)14-31(33)29(43)37(30(44)32(26,31)34)16-7-5-15(35)6-8-16/h5-9,12-13,19-20,24,26,38H,3-4,10-11,14H2,1-2H3,(H,39,40)/t19-,20+,24-,26+,31+,32-/m0/s1. The number of alkyl halides is 2. The monoisotopic (exact) mass is 674 g/mol. The van der Waals surface area contributed by atoms with Crippen LogP contribution in [0.15, 0.2) is 48.0 Å². The fourth-order valence-corrected chi connectivity index (χ4v) is 8.47. The van der Waals surface area contributed by atoms with Gasteiger partial charge < -0.3 is 19.7 Å². The Kier molecular flexibility index (Phi) is 7.79. The number of carboxylic acid groups (broad SMARTS) is 1. The summed E-state index contributed by atoms with van der Waals surface area (Å²) in [6.07, 6.45) is 1.28. The number of imide groups is 2. The molecule has 0 unspecified atom stereocenters. The summed E-state index contributed by atoms with van der Waals surface area (Å²) in [7, 11) is 2.71. The minimum atomic E-state index is -2.28. The number of nitrogens with zero attached hydrogens (tertiary/aromatic N) is 2. The Morgan fingerprint density at radius 3 is 2.35 bits per heavy atom. The van der Waals surface area contributed by atoms with E-state index in [0.29, 0.717) is 5.57 Å². The number of hydrogen-bond acceptors (Lipinski definition) is 8. The molecule has 2 saturated heterocycles. The van der Waals surface area contributed by atoms with E-state index in [1.807, 2.05) is 0 Å². The Bertz CT molecular complexity index is 1720. The van der Waals surface area contributed by atoms with Crippen LogP contribution < -0.4 is 14.4 Å². The zero-order chi connectivity index (χ0) is 33.3. The van der Waals surface area contributed by atoms with Crippen LogP contribution in [0.1, 0.15) is 37.2 Å². The first kappa shape index (κ1) is 31.8. The molecule has 0 spiro atoms. The molecule has 2 heterocycles. The molecule has 0 radical (unpaired) electrons. The number of amides is 4. The molecule has 2 N–H and O–H groups in total. The zero-order valence-corrected chi connectivity index (χ0v) is 26.2. The summed E-state index contributed by atoms with van der Waals surface area (Å²) in [5, 5.41) is 20.5. The number of rotatable bonds is 8. The molecule has 2 aliphatic carbocycles. The third-order valence-electron chi connectivity index (χ3n) is 9.60. The fraction of sp³-hybridized carbons (Fsp3) is 0.406. The Labute approximate surface area is 272 Å². The summed E-state index contributed by atoms with van der Waals surface area (Å²) in [5.41, 5.74) is 0.457. The summed E-state index contributed by atoms with van der Waals surface area (Å²) in [5.74, 6) is -8.64. The van der Waals surface area contributed by atoms with Crippen LogP contribution in [0.5, 0.6) is 17.2 Å². The second-order valence-corrected chi connectivity index (χ2v) is 13.1. The molecule has 3 fully saturated rings. The summed E-state index contributed by atoms with van der Waals surface area (Å²) in [6, 6.07) is 7.37. The maximum Gasteiger partial charge on any atom is 0.303 e. The van der Waals surface area contributed by atoms with E-state index in [1.165, 1.54) is 38.5 Å². The number of carbonyl (C=O) groups excluding carboxylic acids is 4. The Morgan fingerprint density at radius 1 is 1.02 bits per heavy atom. The van der Waals surface area contributed by atoms with E-state index in [9.17, 15) is 33.5 Å². The molecule has 6 atom stereocenters. The lowest BCUT2D eigenvalue weighted by atomic mass is 9.56. The van der Waals surface area contributed by atoms with Gasteiger partial charge in [-0.15, -0.1) is 23.2 Å². The number of phenolic OH excluding ortho intramolecular Hbond substituents is 1. The number of halogens is 3. The van der Waals surface area contributed by atoms with Crippen LogP contribution in [0.4, 0.5) is 10.1 Å². The minimum Gasteiger partial charge on any atom is -0.507 e. The van der Waals surface area contributed by atoms with Gasteiger partial charge in [-0.1, -0.05) is 11.6 Å². The molecule has 4 amide bonds. The van der Waals surface area contributed by atoms with Gasteiger partial charge in [0.15, 0.2) is 9.75 Å². The SMILES string of the molecule is COc1cc(O)c([C@H]2C3=CC[C@@H]4C(=O)N(CCCC(=O)O)C(=O)[C@@H]4[C@@H]3C[C@@]3(Cl)C(=O)N(c4ccc(F)cc4)C(=O)[C@@]23Cl)c(OC)c1. The van der Waals surface area contributed by atoms with E-state index in [-0.39, 0.29) is 60.7 Å². The Hall–Kier alpha value is -4.16. The quantitative estimate of drug-likeness (QED) is 0.241. The molecule has 11 nitrogen and oxygen atoms in total. The third-order valence-corrected chi connectivity index (χ3v) is 11.0. The first-order valence-electron chi connectivity index (χ1n) is 14.5. The lowest BCUT2D eigenvalue weighted by Gasteiger charge is -2.50. The number of aromatic hydroxyl groups is 1. The number of carbonyl (C=O) groups is 5. The minimum absolute atomic E-state index is 0.0158. The maximum absolute atomic E-state index is 14.5. The molecule has 6 rings (SSSR count). The number of phenols is 1. The van der Waals surface area contributed by atoms with E-state index in [2.05, 4.69) is 0 Å². The van der Waals surface area contributed by atoms with Crippen LogP contribution in [0.3, 0.4) is 0 Å². The number of anilines is 1. The summed E-state index contributed by atoms with van der Waals surface area (Å²) < 4.78 is 24.7. The first-order chi connectivity index (χ1) is 21.8. The molecule has 46 heavy (non-hydrogen) atoms. The van der Waals surface area contributed by atoms with Gasteiger partial charge in [0.25, 0.3) is 11.8 Å². The van der Waals surface area contributed by atoms with Crippen LogP contribution in [0, 0.1) is 23.6 Å². The number of methoxy groups -OCH3 is 2. The van der Waals surface area contributed by atoms with Crippen LogP contribution >= 0.6 is 23.2 Å². The van der Waals surface area contributed by atoms with Gasteiger partial charge in [0.1, 0.15) is 23.1 Å². The van der Waals surface area contributed by atoms with Crippen molar-refractivity contribution in [3.05, 3.63) is 59.4 Å². The van der Waals surface area contributed by atoms with Gasteiger partial charge >= 0.3 is 5.97 Å². The summed E-state index contributed by atoms with van der Waals surface area (Å²) in [6.45, 7) is -0.100. The molecule has 2 aromatic carbocycles. The number of aliphatic carboxylic acids is 1. The molecule has 0 aromatic heterocycles. The number of benzene rings is 2. The molecule has 4 aliphatic rings. The predicted molar refractivity (Wildman–Crippen MR) is 161 cm³/mol. The lowest BCUT2D eigenvalue weighted by molar-refractivity contribution is -0.142. The average Bonchev–Trinajstić information content (AvgIpc) is 3.35. The normalized spacial score (nSPS) is 30.2. The summed E-state index contributed by atoms with van der Waals surface area (Å²) in [4.78, 5) is 64.6. The second kappa shape index (κ2) is 11.3. The average molecular weight is 675 g/mol. The largest absolute Gasteiger partial charge is 0.507 e. The molecular weight excluding hydrogens is 646 g/mol. The van der Waals surface area contributed by atoms with Crippen molar-refractivity contribution in [3.63, 3.8) is 0 Å². The number of fused-ring (bicyclic) bond motifs is 4. The van der Waals surface area contributed by atoms with Gasteiger partial charge in [-0.3, -0.25) is 28.9 Å². The van der Waals surface area contributed by atoms with Crippen molar-refractivity contribution in [2.24, 2.45) is 17.8 Å². The van der Waals surface area contributed by atoms with E-state index in [1.54, 1.807) is 6.08 Å². The van der Waals surface area contributed by atoms with Gasteiger partial charge in [0.05, 0.1) is 31.7 Å². The molecule has 2 aromatic rings. The van der Waals surface area contributed by atoms with Gasteiger partial charge in [-0.25, -0.2) is 9.29 Å². The highest BCUT2D eigenvalue weighted by molar-refractivity contribution is 6.58. The number of hydrogen-bond donors (Lipinski definition) is 2. The first-order valence-corrected chi connectivity index (χ1v) is 15.3. The third kappa shape index (κ3) is 4.40. The van der Waals surface area contributed by atoms with Crippen LogP contribution in [0.2, 0.25) is 0 Å². The van der Waals surface area contributed by atoms with Crippen LogP contribution in [0.25, 0.3) is 0 Å². The highest BCUT2D eigenvalue weighted by Gasteiger charge is 2.77. The molecule has 1 saturated carbocycles. The highest BCUT2D eigenvalue weighted by Crippen LogP contribution is 2.67. The molecule has 14 heteroatoms. The highest BCUT2D eigenvalue weighted by atomic mass is 35.5. The zero-order valence-electron chi connectivity index (χ0n) is 24.7. The molecule has 2 aliphatic heterocycles. The van der Waals surface area contributed by atoms with Crippen LogP contribution in [-0.2, 0) is 24.0 Å². The van der Waals surface area contributed by atoms with Gasteiger partial charge in [0.2, 0.25) is 11.8 Å². The van der Waals surface area contributed by atoms with Crippen molar-refractivity contribution in [3.8, 4) is 17.2 Å². The maximum atomic E-state index is 14.5. The number of likely N-dealkylation sites (tertiary alicyclic amines) is 1. The molecule has 0 bridgehead atoms. The predicted octanol–water partition coefficient (Wildman–Crippen LogP) is 3.98. The van der Waals surface area contributed by atoms with Crippen molar-refractivity contribution >= 4 is 58.5 Å². The molecular formula is C32H29Cl2FN2O9. The fourth-order valence-electron chi connectivity index (χ4n) is 7.55. The Morgan fingerprint density at radius 2 is 1.72 bits per heavy atom. The van der Waals surface area contributed by atoms with E-state index in [4.69, 9.17) is 37.8 Å². The molecule has 242 valence electrons. The van der Waals surface area contributed by atoms with Gasteiger partial charge in [-0.2, -0.15) is 0 Å². The van der Waals surface area contributed by atoms with E-state index in [0.717, 1.165) is 21.9 Å². The van der Waals surface area contributed by atoms with Crippen molar-refractivity contribution in [2.75, 3.05) is 25.7 Å². The second-order valence-electron chi connectivity index (χ2n) is 11.8. The van der Waals surface area contributed by atoms with Gasteiger partial charge in [-0.05, 0) is 49.4 Å². The van der Waals surface area contributed by atoms with Crippen molar-refractivity contribution in [2.45, 2.75) is 41.3 Å². The van der Waals surface area contributed by atoms with Crippen molar-refractivity contribution in [1.82, 2.24) is 4.90 Å². The van der Waals surface area contributed by atoms with Crippen molar-refractivity contribution in [1.29, 1.82) is 0 Å². The van der Waals surface area contributed by atoms with E-state index < -0.39 is 68.8 Å². The van der Waals surface area contributed by atoms with Crippen molar-refractivity contribution < 1.29 is 48.0 Å².